The third-order valence-corrected chi connectivity index (χ3v) is 2.30. The van der Waals surface area contributed by atoms with Crippen molar-refractivity contribution in [3.05, 3.63) is 28.8 Å². The van der Waals surface area contributed by atoms with Crippen LogP contribution in [0.4, 0.5) is 5.69 Å². The first-order chi connectivity index (χ1) is 7.09. The van der Waals surface area contributed by atoms with E-state index in [4.69, 9.17) is 16.3 Å². The van der Waals surface area contributed by atoms with Gasteiger partial charge in [-0.1, -0.05) is 17.7 Å². The summed E-state index contributed by atoms with van der Waals surface area (Å²) >= 11 is 5.91. The Balaban J connectivity index is 2.40. The molecule has 2 nitrogen and oxygen atoms in total. The van der Waals surface area contributed by atoms with Gasteiger partial charge in [0, 0.05) is 17.3 Å². The molecule has 84 valence electrons. The van der Waals surface area contributed by atoms with Crippen LogP contribution in [0.25, 0.3) is 0 Å². The maximum Gasteiger partial charge on any atom is 0.0642 e. The summed E-state index contributed by atoms with van der Waals surface area (Å²) in [7, 11) is 0. The van der Waals surface area contributed by atoms with Gasteiger partial charge in [0.25, 0.3) is 0 Å². The number of hydrogen-bond donors (Lipinski definition) is 1. The first-order valence-electron chi connectivity index (χ1n) is 5.21. The molecule has 1 rings (SSSR count). The van der Waals surface area contributed by atoms with Crippen LogP contribution in [0.1, 0.15) is 19.4 Å². The molecule has 0 amide bonds. The van der Waals surface area contributed by atoms with Crippen LogP contribution in [0.15, 0.2) is 18.2 Å². The molecule has 0 atom stereocenters. The summed E-state index contributed by atoms with van der Waals surface area (Å²) in [6, 6.07) is 5.84. The van der Waals surface area contributed by atoms with E-state index in [1.54, 1.807) is 0 Å². The summed E-state index contributed by atoms with van der Waals surface area (Å²) in [5.74, 6) is 0. The van der Waals surface area contributed by atoms with Crippen LogP contribution < -0.4 is 5.32 Å². The van der Waals surface area contributed by atoms with Crippen LogP contribution in [-0.2, 0) is 4.74 Å². The van der Waals surface area contributed by atoms with Gasteiger partial charge >= 0.3 is 0 Å². The number of ether oxygens (including phenoxy) is 1. The number of aryl methyl sites for hydroxylation is 1. The maximum atomic E-state index is 5.91. The van der Waals surface area contributed by atoms with Gasteiger partial charge in [-0.05, 0) is 38.5 Å². The van der Waals surface area contributed by atoms with Gasteiger partial charge in [-0.3, -0.25) is 0 Å². The largest absolute Gasteiger partial charge is 0.382 e. The SMILES string of the molecule is Cc1ccc(Cl)cc1NCCOC(C)C. The molecule has 0 bridgehead atoms. The third kappa shape index (κ3) is 4.54. The highest BCUT2D eigenvalue weighted by atomic mass is 35.5. The Kier molecular flexibility index (Phi) is 4.92. The van der Waals surface area contributed by atoms with Gasteiger partial charge in [0.05, 0.1) is 12.7 Å². The van der Waals surface area contributed by atoms with Crippen molar-refractivity contribution in [1.82, 2.24) is 0 Å². The lowest BCUT2D eigenvalue weighted by atomic mass is 10.2. The molecule has 1 aromatic carbocycles. The van der Waals surface area contributed by atoms with Gasteiger partial charge in [0.2, 0.25) is 0 Å². The Morgan fingerprint density at radius 3 is 2.80 bits per heavy atom. The first kappa shape index (κ1) is 12.3. The Bertz CT molecular complexity index is 312. The first-order valence-corrected chi connectivity index (χ1v) is 5.59. The lowest BCUT2D eigenvalue weighted by molar-refractivity contribution is 0.0870. The number of hydrogen-bond acceptors (Lipinski definition) is 2. The second-order valence-electron chi connectivity index (χ2n) is 3.81. The zero-order valence-electron chi connectivity index (χ0n) is 9.51. The predicted molar refractivity (Wildman–Crippen MR) is 65.8 cm³/mol. The topological polar surface area (TPSA) is 21.3 Å². The van der Waals surface area contributed by atoms with E-state index in [1.807, 2.05) is 32.0 Å². The summed E-state index contributed by atoms with van der Waals surface area (Å²) in [5, 5.41) is 4.06. The lowest BCUT2D eigenvalue weighted by Gasteiger charge is -2.11. The smallest absolute Gasteiger partial charge is 0.0642 e. The Hall–Kier alpha value is -0.730. The number of halogens is 1. The molecule has 3 heteroatoms. The average Bonchev–Trinajstić information content (AvgIpc) is 2.17. The van der Waals surface area contributed by atoms with Crippen LogP contribution in [-0.4, -0.2) is 19.3 Å². The summed E-state index contributed by atoms with van der Waals surface area (Å²) in [6.45, 7) is 7.64. The van der Waals surface area contributed by atoms with Gasteiger partial charge in [-0.15, -0.1) is 0 Å². The Morgan fingerprint density at radius 1 is 1.40 bits per heavy atom. The van der Waals surface area contributed by atoms with Gasteiger partial charge in [-0.2, -0.15) is 0 Å². The number of rotatable bonds is 5. The zero-order valence-corrected chi connectivity index (χ0v) is 10.3. The fourth-order valence-electron chi connectivity index (χ4n) is 1.27. The minimum absolute atomic E-state index is 0.284. The minimum atomic E-state index is 0.284. The molecule has 0 spiro atoms. The van der Waals surface area contributed by atoms with E-state index in [9.17, 15) is 0 Å². The molecule has 1 aromatic rings. The molecule has 15 heavy (non-hydrogen) atoms. The number of anilines is 1. The van der Waals surface area contributed by atoms with Gasteiger partial charge in [0.15, 0.2) is 0 Å². The molecular formula is C12H18ClNO. The molecule has 0 aliphatic rings. The molecule has 0 saturated heterocycles. The zero-order chi connectivity index (χ0) is 11.3. The van der Waals surface area contributed by atoms with E-state index in [1.165, 1.54) is 5.56 Å². The number of nitrogens with one attached hydrogen (secondary N) is 1. The van der Waals surface area contributed by atoms with Gasteiger partial charge in [-0.25, -0.2) is 0 Å². The molecular weight excluding hydrogens is 210 g/mol. The van der Waals surface area contributed by atoms with Crippen LogP contribution >= 0.6 is 11.6 Å². The molecule has 0 heterocycles. The van der Waals surface area contributed by atoms with Crippen molar-refractivity contribution in [2.24, 2.45) is 0 Å². The standard InChI is InChI=1S/C12H18ClNO/c1-9(2)15-7-6-14-12-8-11(13)5-4-10(12)3/h4-5,8-9,14H,6-7H2,1-3H3. The van der Waals surface area contributed by atoms with Gasteiger partial charge < -0.3 is 10.1 Å². The van der Waals surface area contributed by atoms with E-state index >= 15 is 0 Å². The molecule has 0 aromatic heterocycles. The summed E-state index contributed by atoms with van der Waals surface area (Å²) in [5.41, 5.74) is 2.28. The van der Waals surface area contributed by atoms with E-state index < -0.39 is 0 Å². The van der Waals surface area contributed by atoms with Crippen molar-refractivity contribution < 1.29 is 4.74 Å². The highest BCUT2D eigenvalue weighted by Gasteiger charge is 1.98. The number of benzene rings is 1. The average molecular weight is 228 g/mol. The van der Waals surface area contributed by atoms with Crippen LogP contribution in [0.3, 0.4) is 0 Å². The monoisotopic (exact) mass is 227 g/mol. The molecule has 0 radical (unpaired) electrons. The minimum Gasteiger partial charge on any atom is -0.382 e. The lowest BCUT2D eigenvalue weighted by Crippen LogP contribution is -2.13. The molecule has 0 saturated carbocycles. The van der Waals surface area contributed by atoms with E-state index in [-0.39, 0.29) is 6.10 Å². The highest BCUT2D eigenvalue weighted by Crippen LogP contribution is 2.19. The van der Waals surface area contributed by atoms with Crippen molar-refractivity contribution >= 4 is 17.3 Å². The fourth-order valence-corrected chi connectivity index (χ4v) is 1.44. The van der Waals surface area contributed by atoms with Gasteiger partial charge in [0.1, 0.15) is 0 Å². The molecule has 0 fully saturated rings. The summed E-state index contributed by atoms with van der Waals surface area (Å²) < 4.78 is 5.44. The second kappa shape index (κ2) is 5.99. The van der Waals surface area contributed by atoms with Crippen LogP contribution in [0.2, 0.25) is 5.02 Å². The van der Waals surface area contributed by atoms with Crippen molar-refractivity contribution in [3.63, 3.8) is 0 Å². The van der Waals surface area contributed by atoms with Crippen molar-refractivity contribution in [3.8, 4) is 0 Å². The van der Waals surface area contributed by atoms with Crippen LogP contribution in [0.5, 0.6) is 0 Å². The maximum absolute atomic E-state index is 5.91. The third-order valence-electron chi connectivity index (χ3n) is 2.07. The second-order valence-corrected chi connectivity index (χ2v) is 4.24. The van der Waals surface area contributed by atoms with E-state index in [0.29, 0.717) is 6.61 Å². The van der Waals surface area contributed by atoms with Crippen molar-refractivity contribution in [2.75, 3.05) is 18.5 Å². The molecule has 0 aliphatic carbocycles. The van der Waals surface area contributed by atoms with Crippen molar-refractivity contribution in [2.45, 2.75) is 26.9 Å². The van der Waals surface area contributed by atoms with E-state index in [2.05, 4.69) is 12.2 Å². The molecule has 0 aliphatic heterocycles. The highest BCUT2D eigenvalue weighted by molar-refractivity contribution is 6.30. The molecule has 1 N–H and O–H groups in total. The summed E-state index contributed by atoms with van der Waals surface area (Å²) in [6.07, 6.45) is 0.284. The quantitative estimate of drug-likeness (QED) is 0.778. The normalized spacial score (nSPS) is 10.7. The molecule has 0 unspecified atom stereocenters. The Morgan fingerprint density at radius 2 is 2.13 bits per heavy atom. The fraction of sp³-hybridized carbons (Fsp3) is 0.500. The predicted octanol–water partition coefficient (Wildman–Crippen LogP) is 3.49. The van der Waals surface area contributed by atoms with E-state index in [0.717, 1.165) is 17.3 Å². The van der Waals surface area contributed by atoms with Crippen molar-refractivity contribution in [1.29, 1.82) is 0 Å². The Labute approximate surface area is 96.6 Å². The van der Waals surface area contributed by atoms with Crippen LogP contribution in [0, 0.1) is 6.92 Å². The summed E-state index contributed by atoms with van der Waals surface area (Å²) in [4.78, 5) is 0.